The van der Waals surface area contributed by atoms with Gasteiger partial charge in [-0.3, -0.25) is 0 Å². The molecule has 3 rings (SSSR count). The molecular weight excluding hydrogens is 266 g/mol. The minimum Gasteiger partial charge on any atom is -0.347 e. The molecule has 0 spiro atoms. The second-order valence-corrected chi connectivity index (χ2v) is 5.44. The molecule has 1 aliphatic rings. The van der Waals surface area contributed by atoms with Crippen LogP contribution in [0.4, 0.5) is 0 Å². The van der Waals surface area contributed by atoms with Crippen molar-refractivity contribution in [2.24, 2.45) is 0 Å². The molecule has 0 unspecified atom stereocenters. The van der Waals surface area contributed by atoms with Crippen LogP contribution in [0.2, 0.25) is 0 Å². The van der Waals surface area contributed by atoms with Crippen LogP contribution in [0.1, 0.15) is 16.7 Å². The van der Waals surface area contributed by atoms with E-state index in [0.29, 0.717) is 6.42 Å². The van der Waals surface area contributed by atoms with Crippen molar-refractivity contribution in [1.29, 1.82) is 0 Å². The average Bonchev–Trinajstić information content (AvgIpc) is 2.69. The number of hydrogen-bond donors (Lipinski definition) is 0. The molecule has 0 atom stereocenters. The van der Waals surface area contributed by atoms with Crippen LogP contribution in [0.5, 0.6) is 11.6 Å². The number of pyridine rings is 1. The van der Waals surface area contributed by atoms with E-state index in [1.807, 2.05) is 37.3 Å². The highest BCUT2D eigenvalue weighted by Crippen LogP contribution is 2.39. The molecule has 2 heterocycles. The first-order valence-corrected chi connectivity index (χ1v) is 7.05. The normalized spacial score (nSPS) is 15.4. The first-order valence-electron chi connectivity index (χ1n) is 5.71. The zero-order valence-corrected chi connectivity index (χ0v) is 11.0. The summed E-state index contributed by atoms with van der Waals surface area (Å²) < 4.78 is 32.2. The lowest BCUT2D eigenvalue weighted by Gasteiger charge is -2.07. The molecule has 5 nitrogen and oxygen atoms in total. The number of aromatic nitrogens is 1. The molecule has 0 bridgehead atoms. The fourth-order valence-electron chi connectivity index (χ4n) is 1.98. The van der Waals surface area contributed by atoms with Gasteiger partial charge in [0.05, 0.1) is 0 Å². The van der Waals surface area contributed by atoms with Gasteiger partial charge in [0.25, 0.3) is 5.88 Å². The Hall–Kier alpha value is -2.08. The van der Waals surface area contributed by atoms with Gasteiger partial charge in [0.2, 0.25) is 5.75 Å². The van der Waals surface area contributed by atoms with Crippen molar-refractivity contribution in [3.05, 3.63) is 53.2 Å². The minimum absolute atomic E-state index is 0.0107. The van der Waals surface area contributed by atoms with Crippen molar-refractivity contribution in [3.8, 4) is 11.6 Å². The van der Waals surface area contributed by atoms with Crippen LogP contribution in [-0.2, 0) is 16.8 Å². The van der Waals surface area contributed by atoms with Crippen LogP contribution < -0.4 is 8.37 Å². The van der Waals surface area contributed by atoms with Crippen molar-refractivity contribution in [1.82, 2.24) is 4.98 Å². The van der Waals surface area contributed by atoms with Gasteiger partial charge in [0.1, 0.15) is 0 Å². The predicted molar refractivity (Wildman–Crippen MR) is 68.4 cm³/mol. The van der Waals surface area contributed by atoms with Crippen LogP contribution in [0.15, 0.2) is 36.5 Å². The van der Waals surface area contributed by atoms with Gasteiger partial charge in [-0.15, -0.1) is 8.42 Å². The Kier molecular flexibility index (Phi) is 2.67. The highest BCUT2D eigenvalue weighted by atomic mass is 32.3. The maximum atomic E-state index is 11.3. The van der Waals surface area contributed by atoms with Crippen LogP contribution in [0.3, 0.4) is 0 Å². The van der Waals surface area contributed by atoms with Gasteiger partial charge in [-0.25, -0.2) is 4.98 Å². The quantitative estimate of drug-likeness (QED) is 0.840. The minimum atomic E-state index is -4.00. The number of fused-ring (bicyclic) bond motifs is 1. The Bertz CT molecular complexity index is 726. The van der Waals surface area contributed by atoms with Crippen LogP contribution >= 0.6 is 0 Å². The molecule has 6 heteroatoms. The molecule has 0 fully saturated rings. The van der Waals surface area contributed by atoms with Gasteiger partial charge < -0.3 is 8.37 Å². The van der Waals surface area contributed by atoms with Gasteiger partial charge in [-0.1, -0.05) is 30.3 Å². The molecule has 0 amide bonds. The molecule has 0 radical (unpaired) electrons. The molecule has 1 aromatic carbocycles. The summed E-state index contributed by atoms with van der Waals surface area (Å²) in [5.41, 5.74) is 2.70. The van der Waals surface area contributed by atoms with E-state index in [4.69, 9.17) is 4.18 Å². The molecule has 2 aromatic rings. The topological polar surface area (TPSA) is 65.5 Å². The highest BCUT2D eigenvalue weighted by molar-refractivity contribution is 7.82. The smallest absolute Gasteiger partial charge is 0.347 e. The first kappa shape index (κ1) is 12.0. The van der Waals surface area contributed by atoms with Crippen LogP contribution in [0, 0.1) is 6.92 Å². The van der Waals surface area contributed by atoms with E-state index in [9.17, 15) is 8.42 Å². The summed E-state index contributed by atoms with van der Waals surface area (Å²) >= 11 is 0. The van der Waals surface area contributed by atoms with Crippen molar-refractivity contribution in [3.63, 3.8) is 0 Å². The second kappa shape index (κ2) is 4.24. The van der Waals surface area contributed by atoms with E-state index in [2.05, 4.69) is 9.17 Å². The maximum Gasteiger partial charge on any atom is 0.502 e. The Morgan fingerprint density at radius 1 is 1.16 bits per heavy atom. The van der Waals surface area contributed by atoms with Gasteiger partial charge in [-0.2, -0.15) is 0 Å². The number of hydrogen-bond acceptors (Lipinski definition) is 5. The second-order valence-electron chi connectivity index (χ2n) is 4.29. The van der Waals surface area contributed by atoms with Crippen LogP contribution in [0.25, 0.3) is 0 Å². The Morgan fingerprint density at radius 3 is 2.63 bits per heavy atom. The molecule has 19 heavy (non-hydrogen) atoms. The molecule has 1 aromatic heterocycles. The van der Waals surface area contributed by atoms with E-state index >= 15 is 0 Å². The monoisotopic (exact) mass is 277 g/mol. The third-order valence-corrected chi connectivity index (χ3v) is 3.64. The SMILES string of the molecule is Cc1cnc2c(c1Cc1ccccc1)OS(=O)(=O)O2. The Labute approximate surface area is 111 Å². The maximum absolute atomic E-state index is 11.3. The third kappa shape index (κ3) is 2.26. The predicted octanol–water partition coefficient (Wildman–Crippen LogP) is 2.00. The zero-order chi connectivity index (χ0) is 13.5. The number of nitrogens with zero attached hydrogens (tertiary/aromatic N) is 1. The first-order chi connectivity index (χ1) is 9.05. The third-order valence-electron chi connectivity index (χ3n) is 2.91. The molecule has 1 aliphatic heterocycles. The van der Waals surface area contributed by atoms with Gasteiger partial charge in [0.15, 0.2) is 0 Å². The standard InChI is InChI=1S/C13H11NO4S/c1-9-8-14-13-12(17-19(15,16)18-13)11(9)7-10-5-3-2-4-6-10/h2-6,8H,7H2,1H3. The van der Waals surface area contributed by atoms with Gasteiger partial charge in [0, 0.05) is 18.2 Å². The summed E-state index contributed by atoms with van der Waals surface area (Å²) in [6, 6.07) is 9.73. The summed E-state index contributed by atoms with van der Waals surface area (Å²) in [5.74, 6) is 0.209. The number of benzene rings is 1. The summed E-state index contributed by atoms with van der Waals surface area (Å²) in [5, 5.41) is 0. The van der Waals surface area contributed by atoms with E-state index in [0.717, 1.165) is 16.7 Å². The fraction of sp³-hybridized carbons (Fsp3) is 0.154. The lowest BCUT2D eigenvalue weighted by atomic mass is 10.0. The highest BCUT2D eigenvalue weighted by Gasteiger charge is 2.33. The summed E-state index contributed by atoms with van der Waals surface area (Å²) in [7, 11) is -4.00. The number of aryl methyl sites for hydroxylation is 1. The van der Waals surface area contributed by atoms with Crippen molar-refractivity contribution >= 4 is 10.4 Å². The Morgan fingerprint density at radius 2 is 1.89 bits per heavy atom. The van der Waals surface area contributed by atoms with Crippen molar-refractivity contribution in [2.45, 2.75) is 13.3 Å². The summed E-state index contributed by atoms with van der Waals surface area (Å²) in [4.78, 5) is 3.93. The summed E-state index contributed by atoms with van der Waals surface area (Å²) in [6.45, 7) is 1.86. The molecule has 0 saturated heterocycles. The van der Waals surface area contributed by atoms with E-state index < -0.39 is 10.4 Å². The average molecular weight is 277 g/mol. The lowest BCUT2D eigenvalue weighted by Crippen LogP contribution is -2.08. The van der Waals surface area contributed by atoms with Crippen molar-refractivity contribution < 1.29 is 16.8 Å². The Balaban J connectivity index is 2.06. The summed E-state index contributed by atoms with van der Waals surface area (Å²) in [6.07, 6.45) is 2.15. The molecule has 98 valence electrons. The molecule has 0 saturated carbocycles. The zero-order valence-electron chi connectivity index (χ0n) is 10.2. The van der Waals surface area contributed by atoms with E-state index in [1.54, 1.807) is 6.20 Å². The van der Waals surface area contributed by atoms with Crippen LogP contribution in [-0.4, -0.2) is 13.4 Å². The molecule has 0 N–H and O–H groups in total. The fourth-order valence-corrected chi connectivity index (χ4v) is 2.70. The van der Waals surface area contributed by atoms with Gasteiger partial charge >= 0.3 is 10.4 Å². The van der Waals surface area contributed by atoms with E-state index in [-0.39, 0.29) is 11.6 Å². The lowest BCUT2D eigenvalue weighted by molar-refractivity contribution is 0.433. The largest absolute Gasteiger partial charge is 0.502 e. The molecular formula is C13H11NO4S. The van der Waals surface area contributed by atoms with Gasteiger partial charge in [-0.05, 0) is 18.1 Å². The van der Waals surface area contributed by atoms with Crippen molar-refractivity contribution in [2.75, 3.05) is 0 Å². The number of rotatable bonds is 2. The molecule has 0 aliphatic carbocycles. The van der Waals surface area contributed by atoms with E-state index in [1.165, 1.54) is 0 Å².